The number of likely N-dealkylation sites (tertiary alicyclic amines) is 1. The molecular weight excluding hydrogens is 202 g/mol. The Morgan fingerprint density at radius 1 is 1.69 bits per heavy atom. The lowest BCUT2D eigenvalue weighted by molar-refractivity contribution is 0.137. The molecule has 1 aliphatic heterocycles. The first kappa shape index (κ1) is 12.8. The van der Waals surface area contributed by atoms with Crippen LogP contribution >= 0.6 is 0 Å². The van der Waals surface area contributed by atoms with Crippen LogP contribution in [0.3, 0.4) is 0 Å². The quantitative estimate of drug-likeness (QED) is 0.718. The Morgan fingerprint density at radius 3 is 2.94 bits per heavy atom. The van der Waals surface area contributed by atoms with E-state index in [9.17, 15) is 4.79 Å². The van der Waals surface area contributed by atoms with Gasteiger partial charge in [-0.1, -0.05) is 6.92 Å². The van der Waals surface area contributed by atoms with Gasteiger partial charge in [-0.05, 0) is 25.7 Å². The Morgan fingerprint density at radius 2 is 2.38 bits per heavy atom. The maximum Gasteiger partial charge on any atom is 0.319 e. The molecule has 2 unspecified atom stereocenters. The largest absolute Gasteiger partial charge is 0.326 e. The lowest BCUT2D eigenvalue weighted by Crippen LogP contribution is -2.46. The van der Waals surface area contributed by atoms with E-state index in [0.29, 0.717) is 12.5 Å². The van der Waals surface area contributed by atoms with Gasteiger partial charge in [-0.15, -0.1) is 0 Å². The predicted octanol–water partition coefficient (Wildman–Crippen LogP) is 1.93. The summed E-state index contributed by atoms with van der Waals surface area (Å²) < 4.78 is 0. The summed E-state index contributed by atoms with van der Waals surface area (Å²) in [5.74, 6) is 0.496. The van der Waals surface area contributed by atoms with Crippen LogP contribution in [0.25, 0.3) is 0 Å². The summed E-state index contributed by atoms with van der Waals surface area (Å²) in [4.78, 5) is 15.6. The van der Waals surface area contributed by atoms with Gasteiger partial charge in [-0.2, -0.15) is 5.26 Å². The SMILES string of the molecule is CC(C#N)CN(C)C(=O)N1CCCC(C)C1. The van der Waals surface area contributed by atoms with Crippen molar-refractivity contribution in [3.05, 3.63) is 0 Å². The number of nitrogens with zero attached hydrogens (tertiary/aromatic N) is 3. The molecule has 0 N–H and O–H groups in total. The zero-order valence-corrected chi connectivity index (χ0v) is 10.4. The van der Waals surface area contributed by atoms with Crippen molar-refractivity contribution in [2.75, 3.05) is 26.7 Å². The number of hydrogen-bond donors (Lipinski definition) is 0. The Balaban J connectivity index is 2.47. The number of piperidine rings is 1. The first-order chi connectivity index (χ1) is 7.54. The molecule has 0 aromatic heterocycles. The molecule has 2 amide bonds. The highest BCUT2D eigenvalue weighted by Gasteiger charge is 2.23. The van der Waals surface area contributed by atoms with Gasteiger partial charge in [-0.3, -0.25) is 0 Å². The highest BCUT2D eigenvalue weighted by atomic mass is 16.2. The number of carbonyl (C=O) groups is 1. The highest BCUT2D eigenvalue weighted by Crippen LogP contribution is 2.16. The molecule has 0 radical (unpaired) electrons. The average Bonchev–Trinajstić information content (AvgIpc) is 2.27. The first-order valence-electron chi connectivity index (χ1n) is 5.94. The fourth-order valence-corrected chi connectivity index (χ4v) is 2.13. The molecule has 0 spiro atoms. The minimum atomic E-state index is -0.101. The van der Waals surface area contributed by atoms with Crippen molar-refractivity contribution in [1.29, 1.82) is 5.26 Å². The monoisotopic (exact) mass is 223 g/mol. The van der Waals surface area contributed by atoms with E-state index in [-0.39, 0.29) is 11.9 Å². The Hall–Kier alpha value is -1.24. The summed E-state index contributed by atoms with van der Waals surface area (Å²) in [6, 6.07) is 2.21. The van der Waals surface area contributed by atoms with Crippen molar-refractivity contribution in [1.82, 2.24) is 9.80 Å². The second kappa shape index (κ2) is 5.74. The van der Waals surface area contributed by atoms with Crippen LogP contribution in [0.15, 0.2) is 0 Å². The van der Waals surface area contributed by atoms with Crippen molar-refractivity contribution in [3.8, 4) is 6.07 Å². The molecule has 1 saturated heterocycles. The van der Waals surface area contributed by atoms with E-state index in [1.165, 1.54) is 6.42 Å². The molecule has 4 nitrogen and oxygen atoms in total. The van der Waals surface area contributed by atoms with Gasteiger partial charge in [0.15, 0.2) is 0 Å². The van der Waals surface area contributed by atoms with Gasteiger partial charge in [-0.25, -0.2) is 4.79 Å². The fraction of sp³-hybridized carbons (Fsp3) is 0.833. The number of rotatable bonds is 2. The van der Waals surface area contributed by atoms with Gasteiger partial charge < -0.3 is 9.80 Å². The summed E-state index contributed by atoms with van der Waals surface area (Å²) in [5, 5.41) is 8.72. The minimum absolute atomic E-state index is 0.0636. The molecule has 1 rings (SSSR count). The topological polar surface area (TPSA) is 47.3 Å². The maximum absolute atomic E-state index is 12.0. The molecule has 0 aliphatic carbocycles. The third-order valence-corrected chi connectivity index (χ3v) is 3.02. The number of urea groups is 1. The van der Waals surface area contributed by atoms with Crippen LogP contribution in [0.2, 0.25) is 0 Å². The number of amides is 2. The number of nitriles is 1. The van der Waals surface area contributed by atoms with Gasteiger partial charge in [0.25, 0.3) is 0 Å². The first-order valence-corrected chi connectivity index (χ1v) is 5.94. The van der Waals surface area contributed by atoms with Crippen LogP contribution in [0.5, 0.6) is 0 Å². The third-order valence-electron chi connectivity index (χ3n) is 3.02. The molecule has 1 aliphatic rings. The molecule has 0 bridgehead atoms. The molecule has 90 valence electrons. The molecule has 0 aromatic carbocycles. The second-order valence-electron chi connectivity index (χ2n) is 4.89. The third kappa shape index (κ3) is 3.41. The average molecular weight is 223 g/mol. The zero-order chi connectivity index (χ0) is 12.1. The van der Waals surface area contributed by atoms with Crippen molar-refractivity contribution in [2.24, 2.45) is 11.8 Å². The summed E-state index contributed by atoms with van der Waals surface area (Å²) >= 11 is 0. The molecule has 0 saturated carbocycles. The minimum Gasteiger partial charge on any atom is -0.326 e. The Kier molecular flexibility index (Phi) is 4.60. The van der Waals surface area contributed by atoms with Crippen LogP contribution in [0.1, 0.15) is 26.7 Å². The van der Waals surface area contributed by atoms with Gasteiger partial charge >= 0.3 is 6.03 Å². The van der Waals surface area contributed by atoms with E-state index < -0.39 is 0 Å². The van der Waals surface area contributed by atoms with E-state index in [1.807, 2.05) is 11.8 Å². The lowest BCUT2D eigenvalue weighted by atomic mass is 10.0. The molecule has 1 heterocycles. The van der Waals surface area contributed by atoms with E-state index in [4.69, 9.17) is 5.26 Å². The van der Waals surface area contributed by atoms with Crippen LogP contribution in [-0.2, 0) is 0 Å². The van der Waals surface area contributed by atoms with Gasteiger partial charge in [0, 0.05) is 26.7 Å². The van der Waals surface area contributed by atoms with Gasteiger partial charge in [0.2, 0.25) is 0 Å². The Bertz CT molecular complexity index is 284. The van der Waals surface area contributed by atoms with Crippen molar-refractivity contribution >= 4 is 6.03 Å². The van der Waals surface area contributed by atoms with Crippen molar-refractivity contribution < 1.29 is 4.79 Å². The molecule has 0 aromatic rings. The van der Waals surface area contributed by atoms with Crippen LogP contribution in [-0.4, -0.2) is 42.5 Å². The smallest absolute Gasteiger partial charge is 0.319 e. The van der Waals surface area contributed by atoms with E-state index >= 15 is 0 Å². The molecule has 16 heavy (non-hydrogen) atoms. The molecular formula is C12H21N3O. The maximum atomic E-state index is 12.0. The predicted molar refractivity (Wildman–Crippen MR) is 62.8 cm³/mol. The van der Waals surface area contributed by atoms with Gasteiger partial charge in [0.05, 0.1) is 12.0 Å². The summed E-state index contributed by atoms with van der Waals surface area (Å²) in [5.41, 5.74) is 0. The van der Waals surface area contributed by atoms with Crippen LogP contribution < -0.4 is 0 Å². The number of hydrogen-bond acceptors (Lipinski definition) is 2. The molecule has 2 atom stereocenters. The van der Waals surface area contributed by atoms with Crippen LogP contribution in [0, 0.1) is 23.2 Å². The van der Waals surface area contributed by atoms with E-state index in [2.05, 4.69) is 13.0 Å². The van der Waals surface area contributed by atoms with Crippen molar-refractivity contribution in [2.45, 2.75) is 26.7 Å². The highest BCUT2D eigenvalue weighted by molar-refractivity contribution is 5.74. The summed E-state index contributed by atoms with van der Waals surface area (Å²) in [6.07, 6.45) is 2.30. The lowest BCUT2D eigenvalue weighted by Gasteiger charge is -2.34. The number of carbonyl (C=O) groups excluding carboxylic acids is 1. The Labute approximate surface area is 97.8 Å². The van der Waals surface area contributed by atoms with E-state index in [1.54, 1.807) is 11.9 Å². The zero-order valence-electron chi connectivity index (χ0n) is 10.4. The van der Waals surface area contributed by atoms with E-state index in [0.717, 1.165) is 19.5 Å². The fourth-order valence-electron chi connectivity index (χ4n) is 2.13. The second-order valence-corrected chi connectivity index (χ2v) is 4.89. The summed E-state index contributed by atoms with van der Waals surface area (Å²) in [6.45, 7) is 6.23. The molecule has 1 fully saturated rings. The van der Waals surface area contributed by atoms with Gasteiger partial charge in [0.1, 0.15) is 0 Å². The summed E-state index contributed by atoms with van der Waals surface area (Å²) in [7, 11) is 1.77. The van der Waals surface area contributed by atoms with Crippen LogP contribution in [0.4, 0.5) is 4.79 Å². The molecule has 4 heteroatoms. The van der Waals surface area contributed by atoms with Crippen molar-refractivity contribution in [3.63, 3.8) is 0 Å². The standard InChI is InChI=1S/C12H21N3O/c1-10-5-4-6-15(9-10)12(16)14(3)8-11(2)7-13/h10-11H,4-6,8-9H2,1-3H3. The normalized spacial score (nSPS) is 22.4.